The third-order valence-corrected chi connectivity index (χ3v) is 4.83. The Morgan fingerprint density at radius 2 is 1.73 bits per heavy atom. The minimum Gasteiger partial charge on any atom is -0.321 e. The van der Waals surface area contributed by atoms with Crippen LogP contribution < -0.4 is 5.32 Å². The summed E-state index contributed by atoms with van der Waals surface area (Å²) < 4.78 is 41.4. The molecule has 0 atom stereocenters. The molecule has 0 radical (unpaired) electrons. The number of aryl methyl sites for hydroxylation is 2. The van der Waals surface area contributed by atoms with Gasteiger partial charge in [-0.05, 0) is 36.5 Å². The molecule has 0 aliphatic rings. The molecule has 0 saturated carbocycles. The number of carbonyl (C=O) groups is 1. The summed E-state index contributed by atoms with van der Waals surface area (Å²) in [7, 11) is 0. The van der Waals surface area contributed by atoms with Gasteiger partial charge in [0, 0.05) is 6.54 Å². The van der Waals surface area contributed by atoms with E-state index < -0.39 is 17.6 Å². The second-order valence-electron chi connectivity index (χ2n) is 7.41. The zero-order valence-electron chi connectivity index (χ0n) is 16.9. The van der Waals surface area contributed by atoms with Crippen LogP contribution in [0.1, 0.15) is 53.4 Å². The molecule has 0 spiro atoms. The first kappa shape index (κ1) is 21.6. The van der Waals surface area contributed by atoms with Crippen LogP contribution in [0.5, 0.6) is 0 Å². The molecule has 158 valence electrons. The highest BCUT2D eigenvalue weighted by atomic mass is 19.4. The number of benzene rings is 2. The monoisotopic (exact) mass is 415 g/mol. The fourth-order valence-corrected chi connectivity index (χ4v) is 3.46. The van der Waals surface area contributed by atoms with Crippen molar-refractivity contribution in [2.24, 2.45) is 0 Å². The van der Waals surface area contributed by atoms with Gasteiger partial charge in [0.15, 0.2) is 0 Å². The number of anilines is 1. The SMILES string of the molecule is CC(C)c1c(C(=O)Nc2ccccc2C(F)(F)F)cnn1CCCc1ccccc1. The van der Waals surface area contributed by atoms with Crippen molar-refractivity contribution < 1.29 is 18.0 Å². The van der Waals surface area contributed by atoms with E-state index in [1.165, 1.54) is 30.0 Å². The first-order chi connectivity index (χ1) is 14.3. The Morgan fingerprint density at radius 1 is 1.07 bits per heavy atom. The maximum atomic E-state index is 13.2. The summed E-state index contributed by atoms with van der Waals surface area (Å²) in [6.45, 7) is 4.49. The molecule has 0 aliphatic heterocycles. The fraction of sp³-hybridized carbons (Fsp3) is 0.304. The van der Waals surface area contributed by atoms with E-state index in [-0.39, 0.29) is 11.6 Å². The Morgan fingerprint density at radius 3 is 2.40 bits per heavy atom. The number of alkyl halides is 3. The summed E-state index contributed by atoms with van der Waals surface area (Å²) in [6.07, 6.45) is -1.40. The van der Waals surface area contributed by atoms with Gasteiger partial charge in [-0.2, -0.15) is 18.3 Å². The molecule has 3 rings (SSSR count). The lowest BCUT2D eigenvalue weighted by Crippen LogP contribution is -2.18. The minimum absolute atomic E-state index is 0.0113. The van der Waals surface area contributed by atoms with Gasteiger partial charge in [-0.1, -0.05) is 56.3 Å². The van der Waals surface area contributed by atoms with Crippen LogP contribution in [0.25, 0.3) is 0 Å². The largest absolute Gasteiger partial charge is 0.418 e. The van der Waals surface area contributed by atoms with Crippen LogP contribution in [0.3, 0.4) is 0 Å². The van der Waals surface area contributed by atoms with Crippen molar-refractivity contribution in [1.82, 2.24) is 9.78 Å². The number of amides is 1. The van der Waals surface area contributed by atoms with E-state index >= 15 is 0 Å². The molecule has 0 fully saturated rings. The van der Waals surface area contributed by atoms with Gasteiger partial charge in [0.05, 0.1) is 28.7 Å². The first-order valence-corrected chi connectivity index (χ1v) is 9.84. The number of hydrogen-bond donors (Lipinski definition) is 1. The molecule has 2 aromatic carbocycles. The first-order valence-electron chi connectivity index (χ1n) is 9.84. The number of aromatic nitrogens is 2. The molecule has 0 aliphatic carbocycles. The van der Waals surface area contributed by atoms with Gasteiger partial charge in [-0.15, -0.1) is 0 Å². The van der Waals surface area contributed by atoms with Crippen molar-refractivity contribution in [3.63, 3.8) is 0 Å². The van der Waals surface area contributed by atoms with E-state index in [2.05, 4.69) is 22.5 Å². The van der Waals surface area contributed by atoms with Crippen molar-refractivity contribution in [2.45, 2.75) is 45.3 Å². The van der Waals surface area contributed by atoms with Gasteiger partial charge in [0.25, 0.3) is 5.91 Å². The highest BCUT2D eigenvalue weighted by Crippen LogP contribution is 2.35. The normalized spacial score (nSPS) is 11.7. The Hall–Kier alpha value is -3.09. The average molecular weight is 415 g/mol. The molecule has 1 amide bonds. The number of hydrogen-bond acceptors (Lipinski definition) is 2. The summed E-state index contributed by atoms with van der Waals surface area (Å²) in [5.41, 5.74) is 1.09. The van der Waals surface area contributed by atoms with Gasteiger partial charge in [0.1, 0.15) is 0 Å². The quantitative estimate of drug-likeness (QED) is 0.521. The number of nitrogens with one attached hydrogen (secondary N) is 1. The molecule has 0 unspecified atom stereocenters. The number of nitrogens with zero attached hydrogens (tertiary/aromatic N) is 2. The number of halogens is 3. The third-order valence-electron chi connectivity index (χ3n) is 4.83. The molecule has 0 saturated heterocycles. The summed E-state index contributed by atoms with van der Waals surface area (Å²) in [6, 6.07) is 15.0. The lowest BCUT2D eigenvalue weighted by molar-refractivity contribution is -0.136. The molecule has 7 heteroatoms. The maximum absolute atomic E-state index is 13.2. The van der Waals surface area contributed by atoms with Crippen molar-refractivity contribution in [3.05, 3.63) is 83.2 Å². The van der Waals surface area contributed by atoms with E-state index in [9.17, 15) is 18.0 Å². The molecule has 1 N–H and O–H groups in total. The zero-order chi connectivity index (χ0) is 21.7. The van der Waals surface area contributed by atoms with Crippen LogP contribution in [0.4, 0.5) is 18.9 Å². The van der Waals surface area contributed by atoms with Gasteiger partial charge >= 0.3 is 6.18 Å². The molecule has 4 nitrogen and oxygen atoms in total. The van der Waals surface area contributed by atoms with E-state index in [0.29, 0.717) is 17.8 Å². The second-order valence-corrected chi connectivity index (χ2v) is 7.41. The summed E-state index contributed by atoms with van der Waals surface area (Å²) in [4.78, 5) is 12.8. The Kier molecular flexibility index (Phi) is 6.59. The number of para-hydroxylation sites is 1. The molecule has 0 bridgehead atoms. The van der Waals surface area contributed by atoms with Crippen molar-refractivity contribution in [1.29, 1.82) is 0 Å². The Bertz CT molecular complexity index is 994. The smallest absolute Gasteiger partial charge is 0.321 e. The molecule has 1 heterocycles. The van der Waals surface area contributed by atoms with Gasteiger partial charge in [-0.3, -0.25) is 9.48 Å². The van der Waals surface area contributed by atoms with E-state index in [1.54, 1.807) is 4.68 Å². The van der Waals surface area contributed by atoms with Crippen molar-refractivity contribution in [2.75, 3.05) is 5.32 Å². The van der Waals surface area contributed by atoms with Crippen LogP contribution in [-0.2, 0) is 19.1 Å². The standard InChI is InChI=1S/C23H24F3N3O/c1-16(2)21-18(15-27-29(21)14-8-11-17-9-4-3-5-10-17)22(30)28-20-13-7-6-12-19(20)23(24,25)26/h3-7,9-10,12-13,15-16H,8,11,14H2,1-2H3,(H,28,30). The minimum atomic E-state index is -4.55. The molecule has 1 aromatic heterocycles. The average Bonchev–Trinajstić information content (AvgIpc) is 3.13. The lowest BCUT2D eigenvalue weighted by Gasteiger charge is -2.15. The molecular weight excluding hydrogens is 391 g/mol. The zero-order valence-corrected chi connectivity index (χ0v) is 16.9. The highest BCUT2D eigenvalue weighted by Gasteiger charge is 2.34. The van der Waals surface area contributed by atoms with Crippen LogP contribution in [0, 0.1) is 0 Å². The van der Waals surface area contributed by atoms with Gasteiger partial charge in [0.2, 0.25) is 0 Å². The van der Waals surface area contributed by atoms with Crippen LogP contribution in [0.2, 0.25) is 0 Å². The summed E-state index contributed by atoms with van der Waals surface area (Å²) in [5, 5.41) is 6.75. The van der Waals surface area contributed by atoms with Crippen LogP contribution in [0.15, 0.2) is 60.8 Å². The maximum Gasteiger partial charge on any atom is 0.418 e. The predicted molar refractivity (Wildman–Crippen MR) is 110 cm³/mol. The van der Waals surface area contributed by atoms with Gasteiger partial charge < -0.3 is 5.32 Å². The lowest BCUT2D eigenvalue weighted by atomic mass is 10.0. The van der Waals surface area contributed by atoms with E-state index in [1.807, 2.05) is 32.0 Å². The Balaban J connectivity index is 1.77. The Labute approximate surface area is 173 Å². The molecule has 30 heavy (non-hydrogen) atoms. The van der Waals surface area contributed by atoms with Crippen LogP contribution in [-0.4, -0.2) is 15.7 Å². The fourth-order valence-electron chi connectivity index (χ4n) is 3.46. The summed E-state index contributed by atoms with van der Waals surface area (Å²) in [5.74, 6) is -0.604. The topological polar surface area (TPSA) is 46.9 Å². The van der Waals surface area contributed by atoms with Gasteiger partial charge in [-0.25, -0.2) is 0 Å². The second kappa shape index (κ2) is 9.15. The van der Waals surface area contributed by atoms with E-state index in [4.69, 9.17) is 0 Å². The highest BCUT2D eigenvalue weighted by molar-refractivity contribution is 6.05. The van der Waals surface area contributed by atoms with E-state index in [0.717, 1.165) is 18.9 Å². The predicted octanol–water partition coefficient (Wildman–Crippen LogP) is 5.91. The van der Waals surface area contributed by atoms with Crippen molar-refractivity contribution in [3.8, 4) is 0 Å². The molecule has 3 aromatic rings. The summed E-state index contributed by atoms with van der Waals surface area (Å²) >= 11 is 0. The van der Waals surface area contributed by atoms with Crippen molar-refractivity contribution >= 4 is 11.6 Å². The number of carbonyl (C=O) groups excluding carboxylic acids is 1. The third kappa shape index (κ3) is 5.09. The van der Waals surface area contributed by atoms with Crippen LogP contribution >= 0.6 is 0 Å². The molecular formula is C23H24F3N3O. The number of rotatable bonds is 7.